The van der Waals surface area contributed by atoms with Crippen molar-refractivity contribution in [1.29, 1.82) is 0 Å². The predicted molar refractivity (Wildman–Crippen MR) is 72.1 cm³/mol. The van der Waals surface area contributed by atoms with Crippen LogP contribution in [0.3, 0.4) is 0 Å². The highest BCUT2D eigenvalue weighted by molar-refractivity contribution is 5.92. The van der Waals surface area contributed by atoms with Crippen LogP contribution in [0.4, 0.5) is 0 Å². The maximum atomic E-state index is 11.9. The number of aromatic nitrogens is 1. The van der Waals surface area contributed by atoms with Gasteiger partial charge in [-0.05, 0) is 38.6 Å². The maximum absolute atomic E-state index is 11.9. The SMILES string of the molecule is O=C(NC1CCC1)c1cc(CN2CCC[C@@H](O)C2)on1. The van der Waals surface area contributed by atoms with Crippen LogP contribution in [0.2, 0.25) is 0 Å². The maximum Gasteiger partial charge on any atom is 0.273 e. The van der Waals surface area contributed by atoms with Gasteiger partial charge in [-0.25, -0.2) is 0 Å². The van der Waals surface area contributed by atoms with Gasteiger partial charge in [0.2, 0.25) is 0 Å². The number of nitrogens with one attached hydrogen (secondary N) is 1. The Balaban J connectivity index is 1.54. The van der Waals surface area contributed by atoms with Crippen molar-refractivity contribution in [1.82, 2.24) is 15.4 Å². The normalized spacial score (nSPS) is 24.4. The first-order chi connectivity index (χ1) is 9.70. The Bertz CT molecular complexity index is 470. The van der Waals surface area contributed by atoms with Gasteiger partial charge in [-0.2, -0.15) is 0 Å². The zero-order valence-corrected chi connectivity index (χ0v) is 11.5. The van der Waals surface area contributed by atoms with Gasteiger partial charge in [0.1, 0.15) is 0 Å². The lowest BCUT2D eigenvalue weighted by molar-refractivity contribution is 0.0622. The van der Waals surface area contributed by atoms with E-state index in [-0.39, 0.29) is 12.0 Å². The fraction of sp³-hybridized carbons (Fsp3) is 0.714. The quantitative estimate of drug-likeness (QED) is 0.856. The van der Waals surface area contributed by atoms with Crippen molar-refractivity contribution >= 4 is 5.91 Å². The first-order valence-corrected chi connectivity index (χ1v) is 7.37. The molecule has 20 heavy (non-hydrogen) atoms. The van der Waals surface area contributed by atoms with E-state index in [1.54, 1.807) is 6.07 Å². The van der Waals surface area contributed by atoms with Crippen molar-refractivity contribution < 1.29 is 14.4 Å². The van der Waals surface area contributed by atoms with Gasteiger partial charge in [-0.1, -0.05) is 5.16 Å². The molecule has 1 amide bonds. The second-order valence-electron chi connectivity index (χ2n) is 5.81. The topological polar surface area (TPSA) is 78.6 Å². The number of aliphatic hydroxyl groups is 1. The smallest absolute Gasteiger partial charge is 0.273 e. The van der Waals surface area contributed by atoms with E-state index < -0.39 is 0 Å². The summed E-state index contributed by atoms with van der Waals surface area (Å²) in [6, 6.07) is 2.01. The van der Waals surface area contributed by atoms with Crippen LogP contribution in [0.1, 0.15) is 48.4 Å². The second kappa shape index (κ2) is 5.93. The number of β-amino-alcohol motifs (C(OH)–C–C–N with tert-alkyl or cyclic N) is 1. The molecule has 1 aliphatic carbocycles. The van der Waals surface area contributed by atoms with E-state index in [4.69, 9.17) is 4.52 Å². The second-order valence-corrected chi connectivity index (χ2v) is 5.81. The molecule has 6 heteroatoms. The Morgan fingerprint density at radius 1 is 1.45 bits per heavy atom. The number of amides is 1. The Morgan fingerprint density at radius 2 is 2.30 bits per heavy atom. The average molecular weight is 279 g/mol. The predicted octanol–water partition coefficient (Wildman–Crippen LogP) is 0.914. The third kappa shape index (κ3) is 3.19. The summed E-state index contributed by atoms with van der Waals surface area (Å²) in [6.07, 6.45) is 4.90. The van der Waals surface area contributed by atoms with Crippen molar-refractivity contribution in [3.63, 3.8) is 0 Å². The Labute approximate surface area is 118 Å². The zero-order chi connectivity index (χ0) is 13.9. The van der Waals surface area contributed by atoms with Crippen molar-refractivity contribution in [3.8, 4) is 0 Å². The van der Waals surface area contributed by atoms with Crippen molar-refractivity contribution in [2.24, 2.45) is 0 Å². The molecule has 0 bridgehead atoms. The minimum atomic E-state index is -0.256. The summed E-state index contributed by atoms with van der Waals surface area (Å²) in [4.78, 5) is 14.0. The van der Waals surface area contributed by atoms with Crippen LogP contribution < -0.4 is 5.32 Å². The molecule has 1 aromatic heterocycles. The molecule has 1 saturated carbocycles. The number of nitrogens with zero attached hydrogens (tertiary/aromatic N) is 2. The van der Waals surface area contributed by atoms with Crippen molar-refractivity contribution in [2.75, 3.05) is 13.1 Å². The minimum absolute atomic E-state index is 0.150. The summed E-state index contributed by atoms with van der Waals surface area (Å²) in [5.41, 5.74) is 0.351. The number of likely N-dealkylation sites (tertiary alicyclic amines) is 1. The van der Waals surface area contributed by atoms with Crippen molar-refractivity contribution in [3.05, 3.63) is 17.5 Å². The molecule has 2 N–H and O–H groups in total. The molecule has 6 nitrogen and oxygen atoms in total. The van der Waals surface area contributed by atoms with Gasteiger partial charge < -0.3 is 14.9 Å². The van der Waals surface area contributed by atoms with Gasteiger partial charge in [0.25, 0.3) is 5.91 Å². The summed E-state index contributed by atoms with van der Waals surface area (Å²) in [7, 11) is 0. The number of hydrogen-bond acceptors (Lipinski definition) is 5. The van der Waals surface area contributed by atoms with Crippen LogP contribution in [0.25, 0.3) is 0 Å². The molecule has 0 unspecified atom stereocenters. The minimum Gasteiger partial charge on any atom is -0.392 e. The summed E-state index contributed by atoms with van der Waals surface area (Å²) in [5.74, 6) is 0.529. The Morgan fingerprint density at radius 3 is 3.00 bits per heavy atom. The molecule has 0 aromatic carbocycles. The number of aliphatic hydroxyl groups excluding tert-OH is 1. The van der Waals surface area contributed by atoms with E-state index >= 15 is 0 Å². The van der Waals surface area contributed by atoms with E-state index in [2.05, 4.69) is 15.4 Å². The molecule has 2 fully saturated rings. The van der Waals surface area contributed by atoms with Crippen LogP contribution in [0.15, 0.2) is 10.6 Å². The standard InChI is InChI=1S/C14H21N3O3/c18-11-5-2-6-17(8-11)9-12-7-13(16-20-12)14(19)15-10-3-1-4-10/h7,10-11,18H,1-6,8-9H2,(H,15,19)/t11-/m1/s1. The van der Waals surface area contributed by atoms with Gasteiger partial charge in [0, 0.05) is 18.7 Å². The fourth-order valence-electron chi connectivity index (χ4n) is 2.70. The lowest BCUT2D eigenvalue weighted by Gasteiger charge is -2.28. The van der Waals surface area contributed by atoms with E-state index in [0.29, 0.717) is 30.6 Å². The van der Waals surface area contributed by atoms with Crippen LogP contribution in [-0.2, 0) is 6.54 Å². The van der Waals surface area contributed by atoms with Gasteiger partial charge >= 0.3 is 0 Å². The Kier molecular flexibility index (Phi) is 4.03. The largest absolute Gasteiger partial charge is 0.392 e. The third-order valence-electron chi connectivity index (χ3n) is 4.09. The number of carbonyl (C=O) groups is 1. The molecule has 2 heterocycles. The van der Waals surface area contributed by atoms with Gasteiger partial charge in [-0.15, -0.1) is 0 Å². The molecular formula is C14H21N3O3. The first kappa shape index (κ1) is 13.6. The number of piperidine rings is 1. The van der Waals surface area contributed by atoms with E-state index in [9.17, 15) is 9.90 Å². The number of rotatable bonds is 4. The number of carbonyl (C=O) groups excluding carboxylic acids is 1. The monoisotopic (exact) mass is 279 g/mol. The summed E-state index contributed by atoms with van der Waals surface area (Å²) < 4.78 is 5.22. The zero-order valence-electron chi connectivity index (χ0n) is 11.5. The van der Waals surface area contributed by atoms with Crippen LogP contribution in [0, 0.1) is 0 Å². The fourth-order valence-corrected chi connectivity index (χ4v) is 2.70. The highest BCUT2D eigenvalue weighted by Gasteiger charge is 2.23. The lowest BCUT2D eigenvalue weighted by Crippen LogP contribution is -2.39. The molecule has 3 rings (SSSR count). The molecule has 0 radical (unpaired) electrons. The molecule has 110 valence electrons. The molecule has 1 aliphatic heterocycles. The summed E-state index contributed by atoms with van der Waals surface area (Å²) in [5, 5.41) is 16.4. The third-order valence-corrected chi connectivity index (χ3v) is 4.09. The Hall–Kier alpha value is -1.40. The van der Waals surface area contributed by atoms with Gasteiger partial charge in [0.05, 0.1) is 12.6 Å². The highest BCUT2D eigenvalue weighted by Crippen LogP contribution is 2.19. The molecule has 1 aromatic rings. The van der Waals surface area contributed by atoms with E-state index in [1.165, 1.54) is 6.42 Å². The summed E-state index contributed by atoms with van der Waals surface area (Å²) in [6.45, 7) is 2.20. The van der Waals surface area contributed by atoms with Gasteiger partial charge in [-0.3, -0.25) is 9.69 Å². The van der Waals surface area contributed by atoms with Crippen LogP contribution in [-0.4, -0.2) is 46.3 Å². The molecular weight excluding hydrogens is 258 g/mol. The van der Waals surface area contributed by atoms with Gasteiger partial charge in [0.15, 0.2) is 11.5 Å². The number of hydrogen-bond donors (Lipinski definition) is 2. The average Bonchev–Trinajstić information content (AvgIpc) is 2.82. The summed E-state index contributed by atoms with van der Waals surface area (Å²) >= 11 is 0. The molecule has 0 spiro atoms. The highest BCUT2D eigenvalue weighted by atomic mass is 16.5. The lowest BCUT2D eigenvalue weighted by atomic mass is 9.93. The van der Waals surface area contributed by atoms with E-state index in [0.717, 1.165) is 32.2 Å². The van der Waals surface area contributed by atoms with Crippen LogP contribution in [0.5, 0.6) is 0 Å². The van der Waals surface area contributed by atoms with Crippen molar-refractivity contribution in [2.45, 2.75) is 50.8 Å². The van der Waals surface area contributed by atoms with Crippen LogP contribution >= 0.6 is 0 Å². The van der Waals surface area contributed by atoms with E-state index in [1.807, 2.05) is 0 Å². The molecule has 2 aliphatic rings. The molecule has 1 atom stereocenters. The first-order valence-electron chi connectivity index (χ1n) is 7.37. The molecule has 1 saturated heterocycles.